The molecular formula is C15H18FNO2. The van der Waals surface area contributed by atoms with E-state index >= 15 is 0 Å². The van der Waals surface area contributed by atoms with Crippen molar-refractivity contribution in [1.29, 1.82) is 0 Å². The third-order valence-corrected chi connectivity index (χ3v) is 2.81. The van der Waals surface area contributed by atoms with E-state index in [9.17, 15) is 4.39 Å². The molecule has 0 aliphatic heterocycles. The molecule has 0 unspecified atom stereocenters. The highest BCUT2D eigenvalue weighted by atomic mass is 19.1. The average molecular weight is 263 g/mol. The SMILES string of the molecule is CCNCc1coc(COc2cccc(C)c2F)c1. The molecule has 1 aromatic carbocycles. The summed E-state index contributed by atoms with van der Waals surface area (Å²) in [6.07, 6.45) is 1.69. The molecule has 102 valence electrons. The third-order valence-electron chi connectivity index (χ3n) is 2.81. The molecular weight excluding hydrogens is 245 g/mol. The Morgan fingerprint density at radius 1 is 1.37 bits per heavy atom. The Labute approximate surface area is 112 Å². The van der Waals surface area contributed by atoms with Gasteiger partial charge in [-0.05, 0) is 31.2 Å². The summed E-state index contributed by atoms with van der Waals surface area (Å²) >= 11 is 0. The number of aryl methyl sites for hydroxylation is 1. The van der Waals surface area contributed by atoms with E-state index in [0.29, 0.717) is 11.3 Å². The summed E-state index contributed by atoms with van der Waals surface area (Å²) in [4.78, 5) is 0. The number of hydrogen-bond donors (Lipinski definition) is 1. The van der Waals surface area contributed by atoms with E-state index in [2.05, 4.69) is 5.32 Å². The van der Waals surface area contributed by atoms with Crippen molar-refractivity contribution >= 4 is 0 Å². The summed E-state index contributed by atoms with van der Waals surface area (Å²) in [5.74, 6) is 0.625. The molecule has 0 radical (unpaired) electrons. The Balaban J connectivity index is 1.95. The van der Waals surface area contributed by atoms with E-state index in [1.54, 1.807) is 31.4 Å². The van der Waals surface area contributed by atoms with Gasteiger partial charge in [0.1, 0.15) is 12.4 Å². The average Bonchev–Trinajstić information content (AvgIpc) is 2.86. The highest BCUT2D eigenvalue weighted by Crippen LogP contribution is 2.21. The molecule has 2 rings (SSSR count). The Bertz CT molecular complexity index is 537. The van der Waals surface area contributed by atoms with Crippen LogP contribution in [0, 0.1) is 12.7 Å². The van der Waals surface area contributed by atoms with Crippen molar-refractivity contribution in [3.05, 3.63) is 53.2 Å². The smallest absolute Gasteiger partial charge is 0.167 e. The largest absolute Gasteiger partial charge is 0.483 e. The quantitative estimate of drug-likeness (QED) is 0.867. The Morgan fingerprint density at radius 2 is 2.21 bits per heavy atom. The number of furan rings is 1. The number of benzene rings is 1. The van der Waals surface area contributed by atoms with Gasteiger partial charge in [0, 0.05) is 12.1 Å². The molecule has 19 heavy (non-hydrogen) atoms. The van der Waals surface area contributed by atoms with Crippen LogP contribution >= 0.6 is 0 Å². The Morgan fingerprint density at radius 3 is 3.00 bits per heavy atom. The van der Waals surface area contributed by atoms with Crippen molar-refractivity contribution in [2.45, 2.75) is 27.0 Å². The van der Waals surface area contributed by atoms with E-state index in [4.69, 9.17) is 9.15 Å². The molecule has 1 heterocycles. The van der Waals surface area contributed by atoms with E-state index in [-0.39, 0.29) is 18.2 Å². The molecule has 2 aromatic rings. The first kappa shape index (κ1) is 13.6. The van der Waals surface area contributed by atoms with Crippen molar-refractivity contribution in [2.24, 2.45) is 0 Å². The molecule has 0 amide bonds. The minimum absolute atomic E-state index is 0.229. The minimum Gasteiger partial charge on any atom is -0.483 e. The van der Waals surface area contributed by atoms with E-state index in [0.717, 1.165) is 18.7 Å². The van der Waals surface area contributed by atoms with Crippen molar-refractivity contribution in [1.82, 2.24) is 5.32 Å². The maximum Gasteiger partial charge on any atom is 0.167 e. The first-order valence-corrected chi connectivity index (χ1v) is 6.35. The second-order valence-electron chi connectivity index (χ2n) is 4.38. The van der Waals surface area contributed by atoms with Crippen LogP contribution < -0.4 is 10.1 Å². The number of hydrogen-bond acceptors (Lipinski definition) is 3. The molecule has 0 atom stereocenters. The molecule has 0 saturated heterocycles. The third kappa shape index (κ3) is 3.58. The number of nitrogens with one attached hydrogen (secondary N) is 1. The van der Waals surface area contributed by atoms with Gasteiger partial charge in [-0.3, -0.25) is 0 Å². The van der Waals surface area contributed by atoms with Gasteiger partial charge in [-0.15, -0.1) is 0 Å². The highest BCUT2D eigenvalue weighted by molar-refractivity contribution is 5.30. The van der Waals surface area contributed by atoms with Gasteiger partial charge in [-0.2, -0.15) is 0 Å². The van der Waals surface area contributed by atoms with Crippen LogP contribution in [0.4, 0.5) is 4.39 Å². The van der Waals surface area contributed by atoms with Crippen molar-refractivity contribution < 1.29 is 13.5 Å². The molecule has 0 aliphatic carbocycles. The summed E-state index contributed by atoms with van der Waals surface area (Å²) in [6.45, 7) is 5.66. The number of rotatable bonds is 6. The topological polar surface area (TPSA) is 34.4 Å². The molecule has 4 heteroatoms. The first-order valence-electron chi connectivity index (χ1n) is 6.35. The van der Waals surface area contributed by atoms with Crippen LogP contribution in [0.1, 0.15) is 23.8 Å². The zero-order chi connectivity index (χ0) is 13.7. The fourth-order valence-corrected chi connectivity index (χ4v) is 1.74. The first-order chi connectivity index (χ1) is 9.20. The van der Waals surface area contributed by atoms with Gasteiger partial charge >= 0.3 is 0 Å². The summed E-state index contributed by atoms with van der Waals surface area (Å²) in [5, 5.41) is 3.21. The van der Waals surface area contributed by atoms with Crippen LogP contribution in [-0.2, 0) is 13.2 Å². The van der Waals surface area contributed by atoms with E-state index in [1.807, 2.05) is 13.0 Å². The molecule has 1 N–H and O–H groups in total. The maximum absolute atomic E-state index is 13.7. The van der Waals surface area contributed by atoms with Gasteiger partial charge < -0.3 is 14.5 Å². The van der Waals surface area contributed by atoms with Crippen molar-refractivity contribution in [2.75, 3.05) is 6.54 Å². The van der Waals surface area contributed by atoms with Gasteiger partial charge in [0.2, 0.25) is 0 Å². The predicted molar refractivity (Wildman–Crippen MR) is 71.6 cm³/mol. The van der Waals surface area contributed by atoms with E-state index < -0.39 is 0 Å². The molecule has 0 bridgehead atoms. The lowest BCUT2D eigenvalue weighted by atomic mass is 10.2. The lowest BCUT2D eigenvalue weighted by Crippen LogP contribution is -2.10. The van der Waals surface area contributed by atoms with Gasteiger partial charge in [0.25, 0.3) is 0 Å². The van der Waals surface area contributed by atoms with Crippen LogP contribution in [0.3, 0.4) is 0 Å². The van der Waals surface area contributed by atoms with Gasteiger partial charge in [-0.1, -0.05) is 19.1 Å². The monoisotopic (exact) mass is 263 g/mol. The maximum atomic E-state index is 13.7. The highest BCUT2D eigenvalue weighted by Gasteiger charge is 2.07. The van der Waals surface area contributed by atoms with Crippen molar-refractivity contribution in [3.8, 4) is 5.75 Å². The Kier molecular flexibility index (Phi) is 4.58. The molecule has 0 fully saturated rings. The summed E-state index contributed by atoms with van der Waals surface area (Å²) in [7, 11) is 0. The summed E-state index contributed by atoms with van der Waals surface area (Å²) < 4.78 is 24.5. The number of ether oxygens (including phenoxy) is 1. The van der Waals surface area contributed by atoms with Crippen LogP contribution in [0.5, 0.6) is 5.75 Å². The molecule has 1 aromatic heterocycles. The fraction of sp³-hybridized carbons (Fsp3) is 0.333. The molecule has 0 spiro atoms. The van der Waals surface area contributed by atoms with Gasteiger partial charge in [0.05, 0.1) is 6.26 Å². The zero-order valence-electron chi connectivity index (χ0n) is 11.2. The second-order valence-corrected chi connectivity index (χ2v) is 4.38. The normalized spacial score (nSPS) is 10.7. The van der Waals surface area contributed by atoms with Crippen LogP contribution in [0.2, 0.25) is 0 Å². The van der Waals surface area contributed by atoms with Crippen LogP contribution in [0.25, 0.3) is 0 Å². The summed E-state index contributed by atoms with van der Waals surface area (Å²) in [6, 6.07) is 7.01. The zero-order valence-corrected chi connectivity index (χ0v) is 11.2. The molecule has 0 saturated carbocycles. The van der Waals surface area contributed by atoms with E-state index in [1.165, 1.54) is 0 Å². The number of halogens is 1. The standard InChI is InChI=1S/C15H18FNO2/c1-3-17-8-12-7-13(18-9-12)10-19-14-6-4-5-11(2)15(14)16/h4-7,9,17H,3,8,10H2,1-2H3. The van der Waals surface area contributed by atoms with Crippen LogP contribution in [0.15, 0.2) is 34.9 Å². The minimum atomic E-state index is -0.318. The van der Waals surface area contributed by atoms with Gasteiger partial charge in [0.15, 0.2) is 11.6 Å². The predicted octanol–water partition coefficient (Wildman–Crippen LogP) is 3.42. The second kappa shape index (κ2) is 6.38. The molecule has 3 nitrogen and oxygen atoms in total. The summed E-state index contributed by atoms with van der Waals surface area (Å²) in [5.41, 5.74) is 1.63. The van der Waals surface area contributed by atoms with Gasteiger partial charge in [-0.25, -0.2) is 4.39 Å². The van der Waals surface area contributed by atoms with Crippen molar-refractivity contribution in [3.63, 3.8) is 0 Å². The lowest BCUT2D eigenvalue weighted by molar-refractivity contribution is 0.258. The Hall–Kier alpha value is -1.81. The lowest BCUT2D eigenvalue weighted by Gasteiger charge is -2.06. The molecule has 0 aliphatic rings. The fourth-order valence-electron chi connectivity index (χ4n) is 1.74. The van der Waals surface area contributed by atoms with Crippen LogP contribution in [-0.4, -0.2) is 6.54 Å².